The van der Waals surface area contributed by atoms with Crippen molar-refractivity contribution in [2.24, 2.45) is 5.92 Å². The van der Waals surface area contributed by atoms with E-state index in [1.807, 2.05) is 0 Å². The Morgan fingerprint density at radius 1 is 1.56 bits per heavy atom. The molecular formula is C7H13NS. The number of rotatable bonds is 1. The zero-order chi connectivity index (χ0) is 6.27. The molecule has 1 saturated heterocycles. The van der Waals surface area contributed by atoms with Gasteiger partial charge in [-0.3, -0.25) is 0 Å². The molecule has 0 aromatic heterocycles. The van der Waals surface area contributed by atoms with Gasteiger partial charge >= 0.3 is 0 Å². The quantitative estimate of drug-likeness (QED) is 0.590. The van der Waals surface area contributed by atoms with Crippen LogP contribution in [-0.2, 0) is 0 Å². The molecule has 0 bridgehead atoms. The molecule has 0 amide bonds. The molecule has 2 heteroatoms. The molecule has 2 rings (SSSR count). The van der Waals surface area contributed by atoms with Crippen LogP contribution in [-0.4, -0.2) is 24.1 Å². The van der Waals surface area contributed by atoms with E-state index in [0.717, 1.165) is 17.2 Å². The van der Waals surface area contributed by atoms with Crippen LogP contribution >= 0.6 is 11.8 Å². The second-order valence-electron chi connectivity index (χ2n) is 2.96. The van der Waals surface area contributed by atoms with Gasteiger partial charge < -0.3 is 5.32 Å². The molecule has 0 aromatic carbocycles. The van der Waals surface area contributed by atoms with Crippen LogP contribution in [0.3, 0.4) is 0 Å². The van der Waals surface area contributed by atoms with Crippen molar-refractivity contribution in [2.45, 2.75) is 24.1 Å². The number of nitrogens with one attached hydrogen (secondary N) is 1. The number of hydrogen-bond donors (Lipinski definition) is 1. The summed E-state index contributed by atoms with van der Waals surface area (Å²) in [5.74, 6) is 2.44. The maximum absolute atomic E-state index is 3.36. The zero-order valence-electron chi connectivity index (χ0n) is 5.76. The van der Waals surface area contributed by atoms with Gasteiger partial charge in [0.2, 0.25) is 0 Å². The van der Waals surface area contributed by atoms with Crippen LogP contribution in [0.25, 0.3) is 0 Å². The lowest BCUT2D eigenvalue weighted by atomic mass is 10.2. The highest BCUT2D eigenvalue weighted by Crippen LogP contribution is 2.48. The first-order chi connectivity index (χ1) is 4.43. The lowest BCUT2D eigenvalue weighted by Crippen LogP contribution is -2.12. The Morgan fingerprint density at radius 2 is 2.44 bits per heavy atom. The molecule has 1 N–H and O–H groups in total. The molecule has 3 atom stereocenters. The Balaban J connectivity index is 1.91. The first-order valence-corrected chi connectivity index (χ1v) is 4.77. The summed E-state index contributed by atoms with van der Waals surface area (Å²) in [6.07, 6.45) is 2.92. The second kappa shape index (κ2) is 2.17. The predicted molar refractivity (Wildman–Crippen MR) is 41.8 cm³/mol. The van der Waals surface area contributed by atoms with Crippen LogP contribution < -0.4 is 5.32 Å². The van der Waals surface area contributed by atoms with Crippen molar-refractivity contribution in [3.05, 3.63) is 0 Å². The van der Waals surface area contributed by atoms with Crippen molar-refractivity contribution in [3.63, 3.8) is 0 Å². The summed E-state index contributed by atoms with van der Waals surface area (Å²) in [4.78, 5) is 0. The number of fused-ring (bicyclic) bond motifs is 1. The van der Waals surface area contributed by atoms with Crippen LogP contribution in [0.4, 0.5) is 0 Å². The van der Waals surface area contributed by atoms with Gasteiger partial charge in [0.05, 0.1) is 0 Å². The molecule has 3 unspecified atom stereocenters. The van der Waals surface area contributed by atoms with Crippen LogP contribution in [0.2, 0.25) is 0 Å². The summed E-state index contributed by atoms with van der Waals surface area (Å²) in [5.41, 5.74) is 0. The molecule has 0 radical (unpaired) electrons. The Kier molecular flexibility index (Phi) is 1.46. The summed E-state index contributed by atoms with van der Waals surface area (Å²) in [6.45, 7) is 0. The Labute approximate surface area is 60.6 Å². The maximum atomic E-state index is 3.36. The average Bonchev–Trinajstić information content (AvgIpc) is 2.60. The SMILES string of the molecule is CNC1C2CCCSC21. The van der Waals surface area contributed by atoms with Gasteiger partial charge in [-0.05, 0) is 31.6 Å². The van der Waals surface area contributed by atoms with E-state index in [1.165, 1.54) is 18.6 Å². The molecule has 1 aliphatic heterocycles. The fourth-order valence-corrected chi connectivity index (χ4v) is 3.44. The lowest BCUT2D eigenvalue weighted by molar-refractivity contribution is 0.642. The Bertz CT molecular complexity index is 96.7. The van der Waals surface area contributed by atoms with Gasteiger partial charge in [0.25, 0.3) is 0 Å². The number of hydrogen-bond acceptors (Lipinski definition) is 2. The summed E-state index contributed by atoms with van der Waals surface area (Å²) in [5, 5.41) is 4.35. The van der Waals surface area contributed by atoms with E-state index >= 15 is 0 Å². The molecular weight excluding hydrogens is 130 g/mol. The van der Waals surface area contributed by atoms with Crippen molar-refractivity contribution in [3.8, 4) is 0 Å². The van der Waals surface area contributed by atoms with E-state index in [0.29, 0.717) is 0 Å². The maximum Gasteiger partial charge on any atom is 0.0247 e. The molecule has 2 fully saturated rings. The standard InChI is InChI=1S/C7H13NS/c1-8-6-5-3-2-4-9-7(5)6/h5-8H,2-4H2,1H3. The molecule has 9 heavy (non-hydrogen) atoms. The van der Waals surface area contributed by atoms with Gasteiger partial charge in [0, 0.05) is 11.3 Å². The molecule has 52 valence electrons. The molecule has 1 aliphatic carbocycles. The summed E-state index contributed by atoms with van der Waals surface area (Å²) < 4.78 is 0. The normalized spacial score (nSPS) is 48.3. The predicted octanol–water partition coefficient (Wildman–Crippen LogP) is 1.10. The van der Waals surface area contributed by atoms with E-state index in [1.54, 1.807) is 0 Å². The molecule has 2 aliphatic rings. The smallest absolute Gasteiger partial charge is 0.0247 e. The van der Waals surface area contributed by atoms with E-state index < -0.39 is 0 Å². The summed E-state index contributed by atoms with van der Waals surface area (Å²) in [7, 11) is 2.09. The van der Waals surface area contributed by atoms with Gasteiger partial charge in [-0.25, -0.2) is 0 Å². The van der Waals surface area contributed by atoms with Crippen molar-refractivity contribution < 1.29 is 0 Å². The van der Waals surface area contributed by atoms with Crippen LogP contribution in [0.15, 0.2) is 0 Å². The highest BCUT2D eigenvalue weighted by Gasteiger charge is 2.50. The molecule has 1 heterocycles. The van der Waals surface area contributed by atoms with Gasteiger partial charge in [0.1, 0.15) is 0 Å². The van der Waals surface area contributed by atoms with Crippen LogP contribution in [0.5, 0.6) is 0 Å². The fourth-order valence-electron chi connectivity index (χ4n) is 1.83. The third-order valence-corrected chi connectivity index (χ3v) is 3.97. The van der Waals surface area contributed by atoms with E-state index in [2.05, 4.69) is 24.1 Å². The van der Waals surface area contributed by atoms with Crippen LogP contribution in [0.1, 0.15) is 12.8 Å². The number of thioether (sulfide) groups is 1. The first kappa shape index (κ1) is 6.05. The zero-order valence-corrected chi connectivity index (χ0v) is 6.58. The second-order valence-corrected chi connectivity index (χ2v) is 4.24. The lowest BCUT2D eigenvalue weighted by Gasteiger charge is -2.04. The van der Waals surface area contributed by atoms with E-state index in [9.17, 15) is 0 Å². The summed E-state index contributed by atoms with van der Waals surface area (Å²) in [6, 6.07) is 0.873. The van der Waals surface area contributed by atoms with Crippen molar-refractivity contribution in [2.75, 3.05) is 12.8 Å². The third-order valence-electron chi connectivity index (χ3n) is 2.42. The van der Waals surface area contributed by atoms with Gasteiger partial charge in [-0.2, -0.15) is 11.8 Å². The highest BCUT2D eigenvalue weighted by atomic mass is 32.2. The van der Waals surface area contributed by atoms with Crippen molar-refractivity contribution in [1.82, 2.24) is 5.32 Å². The monoisotopic (exact) mass is 143 g/mol. The first-order valence-electron chi connectivity index (χ1n) is 3.72. The third kappa shape index (κ3) is 0.887. The highest BCUT2D eigenvalue weighted by molar-refractivity contribution is 8.00. The molecule has 1 saturated carbocycles. The molecule has 1 nitrogen and oxygen atoms in total. The molecule has 0 spiro atoms. The van der Waals surface area contributed by atoms with Gasteiger partial charge in [-0.15, -0.1) is 0 Å². The minimum atomic E-state index is 0.873. The fraction of sp³-hybridized carbons (Fsp3) is 1.00. The average molecular weight is 143 g/mol. The van der Waals surface area contributed by atoms with Gasteiger partial charge in [0.15, 0.2) is 0 Å². The largest absolute Gasteiger partial charge is 0.316 e. The van der Waals surface area contributed by atoms with E-state index in [4.69, 9.17) is 0 Å². The van der Waals surface area contributed by atoms with E-state index in [-0.39, 0.29) is 0 Å². The van der Waals surface area contributed by atoms with Crippen LogP contribution in [0, 0.1) is 5.92 Å². The summed E-state index contributed by atoms with van der Waals surface area (Å²) >= 11 is 2.16. The Morgan fingerprint density at radius 3 is 3.00 bits per heavy atom. The minimum absolute atomic E-state index is 0.873. The van der Waals surface area contributed by atoms with Crippen molar-refractivity contribution in [1.29, 1.82) is 0 Å². The van der Waals surface area contributed by atoms with Gasteiger partial charge in [-0.1, -0.05) is 0 Å². The topological polar surface area (TPSA) is 12.0 Å². The van der Waals surface area contributed by atoms with Crippen molar-refractivity contribution >= 4 is 11.8 Å². The molecule has 0 aromatic rings. The Hall–Kier alpha value is 0.310. The minimum Gasteiger partial charge on any atom is -0.316 e.